The topological polar surface area (TPSA) is 66.5 Å². The lowest BCUT2D eigenvalue weighted by Gasteiger charge is -2.09. The van der Waals surface area contributed by atoms with Crippen molar-refractivity contribution >= 4 is 46.5 Å². The molecule has 1 aliphatic heterocycles. The third-order valence-electron chi connectivity index (χ3n) is 3.48. The van der Waals surface area contributed by atoms with Crippen LogP contribution in [-0.4, -0.2) is 34.9 Å². The summed E-state index contributed by atoms with van der Waals surface area (Å²) in [5.74, 6) is -0.444. The predicted molar refractivity (Wildman–Crippen MR) is 90.8 cm³/mol. The van der Waals surface area contributed by atoms with E-state index in [1.54, 1.807) is 18.2 Å². The highest BCUT2D eigenvalue weighted by Crippen LogP contribution is 2.31. The number of hydrogen-bond donors (Lipinski definition) is 1. The van der Waals surface area contributed by atoms with Crippen molar-refractivity contribution in [2.24, 2.45) is 0 Å². The van der Waals surface area contributed by atoms with E-state index in [4.69, 9.17) is 0 Å². The number of amides is 3. The van der Waals surface area contributed by atoms with Gasteiger partial charge in [0.2, 0.25) is 11.8 Å². The van der Waals surface area contributed by atoms with E-state index in [0.29, 0.717) is 10.6 Å². The standard InChI is InChI=1S/C16H14N2O3S2/c1-18-14(19)9-13(16(18)21)23-11-6-4-10(5-7-11)17-15(20)12-3-2-8-22-12/h2-8,13H,9H2,1H3,(H,17,20). The number of imide groups is 1. The minimum absolute atomic E-state index is 0.140. The van der Waals surface area contributed by atoms with Crippen LogP contribution < -0.4 is 5.32 Å². The van der Waals surface area contributed by atoms with E-state index >= 15 is 0 Å². The van der Waals surface area contributed by atoms with Crippen LogP contribution in [0.5, 0.6) is 0 Å². The molecule has 1 fully saturated rings. The minimum Gasteiger partial charge on any atom is -0.321 e. The highest BCUT2D eigenvalue weighted by Gasteiger charge is 2.36. The quantitative estimate of drug-likeness (QED) is 0.865. The fraction of sp³-hybridized carbons (Fsp3) is 0.188. The number of hydrogen-bond acceptors (Lipinski definition) is 5. The van der Waals surface area contributed by atoms with Crippen molar-refractivity contribution in [1.82, 2.24) is 4.90 Å². The molecule has 1 unspecified atom stereocenters. The Morgan fingerprint density at radius 3 is 2.57 bits per heavy atom. The number of anilines is 1. The van der Waals surface area contributed by atoms with Crippen molar-refractivity contribution < 1.29 is 14.4 Å². The molecular formula is C16H14N2O3S2. The summed E-state index contributed by atoms with van der Waals surface area (Å²) in [5, 5.41) is 4.31. The van der Waals surface area contributed by atoms with Crippen molar-refractivity contribution in [1.29, 1.82) is 0 Å². The molecule has 0 aliphatic carbocycles. The normalized spacial score (nSPS) is 17.6. The molecule has 118 valence electrons. The first-order valence-corrected chi connectivity index (χ1v) is 8.72. The van der Waals surface area contributed by atoms with Gasteiger partial charge in [0.1, 0.15) is 0 Å². The zero-order chi connectivity index (χ0) is 16.4. The minimum atomic E-state index is -0.362. The molecule has 0 saturated carbocycles. The van der Waals surface area contributed by atoms with Crippen LogP contribution in [0.25, 0.3) is 0 Å². The Balaban J connectivity index is 1.62. The first kappa shape index (κ1) is 15.8. The van der Waals surface area contributed by atoms with Gasteiger partial charge in [-0.25, -0.2) is 0 Å². The van der Waals surface area contributed by atoms with E-state index in [9.17, 15) is 14.4 Å². The van der Waals surface area contributed by atoms with Crippen LogP contribution in [-0.2, 0) is 9.59 Å². The zero-order valence-corrected chi connectivity index (χ0v) is 13.9. The summed E-state index contributed by atoms with van der Waals surface area (Å²) >= 11 is 2.75. The first-order chi connectivity index (χ1) is 11.0. The van der Waals surface area contributed by atoms with Gasteiger partial charge < -0.3 is 5.32 Å². The van der Waals surface area contributed by atoms with Crippen molar-refractivity contribution in [2.45, 2.75) is 16.6 Å². The summed E-state index contributed by atoms with van der Waals surface area (Å²) in [6, 6.07) is 10.9. The van der Waals surface area contributed by atoms with Gasteiger partial charge >= 0.3 is 0 Å². The molecule has 3 amide bonds. The molecule has 1 N–H and O–H groups in total. The number of benzene rings is 1. The molecule has 2 heterocycles. The number of carbonyl (C=O) groups excluding carboxylic acids is 3. The Hall–Kier alpha value is -2.12. The van der Waals surface area contributed by atoms with E-state index in [2.05, 4.69) is 5.32 Å². The van der Waals surface area contributed by atoms with Crippen LogP contribution >= 0.6 is 23.1 Å². The molecule has 3 rings (SSSR count). The second-order valence-electron chi connectivity index (χ2n) is 5.06. The molecule has 1 saturated heterocycles. The third kappa shape index (κ3) is 3.46. The first-order valence-electron chi connectivity index (χ1n) is 6.96. The molecule has 2 aromatic rings. The molecule has 0 bridgehead atoms. The van der Waals surface area contributed by atoms with E-state index < -0.39 is 0 Å². The molecule has 7 heteroatoms. The average Bonchev–Trinajstić information content (AvgIpc) is 3.15. The zero-order valence-electron chi connectivity index (χ0n) is 12.3. The highest BCUT2D eigenvalue weighted by molar-refractivity contribution is 8.00. The van der Waals surface area contributed by atoms with Crippen molar-refractivity contribution in [3.05, 3.63) is 46.7 Å². The maximum atomic E-state index is 12.0. The summed E-state index contributed by atoms with van der Waals surface area (Å²) < 4.78 is 0. The lowest BCUT2D eigenvalue weighted by Crippen LogP contribution is -2.26. The number of thiophene rings is 1. The van der Waals surface area contributed by atoms with E-state index in [1.807, 2.05) is 23.6 Å². The van der Waals surface area contributed by atoms with Gasteiger partial charge in [0.25, 0.3) is 5.91 Å². The lowest BCUT2D eigenvalue weighted by atomic mass is 10.3. The summed E-state index contributed by atoms with van der Waals surface area (Å²) in [7, 11) is 1.51. The molecule has 0 radical (unpaired) electrons. The summed E-state index contributed by atoms with van der Waals surface area (Å²) in [4.78, 5) is 38.1. The Bertz CT molecular complexity index is 741. The fourth-order valence-electron chi connectivity index (χ4n) is 2.20. The maximum Gasteiger partial charge on any atom is 0.265 e. The molecule has 5 nitrogen and oxygen atoms in total. The number of likely N-dealkylation sites (tertiary alicyclic amines) is 1. The summed E-state index contributed by atoms with van der Waals surface area (Å²) in [5.41, 5.74) is 0.693. The van der Waals surface area contributed by atoms with Crippen LogP contribution in [0.3, 0.4) is 0 Å². The van der Waals surface area contributed by atoms with Crippen LogP contribution in [0, 0.1) is 0 Å². The highest BCUT2D eigenvalue weighted by atomic mass is 32.2. The van der Waals surface area contributed by atoms with Gasteiger partial charge in [0.05, 0.1) is 10.1 Å². The Morgan fingerprint density at radius 1 is 1.26 bits per heavy atom. The summed E-state index contributed by atoms with van der Waals surface area (Å²) in [6.45, 7) is 0. The van der Waals surface area contributed by atoms with Gasteiger partial charge in [-0.1, -0.05) is 6.07 Å². The van der Waals surface area contributed by atoms with Crippen molar-refractivity contribution in [2.75, 3.05) is 12.4 Å². The number of rotatable bonds is 4. The smallest absolute Gasteiger partial charge is 0.265 e. The van der Waals surface area contributed by atoms with E-state index in [-0.39, 0.29) is 29.4 Å². The average molecular weight is 346 g/mol. The van der Waals surface area contributed by atoms with Gasteiger partial charge in [-0.3, -0.25) is 19.3 Å². The SMILES string of the molecule is CN1C(=O)CC(Sc2ccc(NC(=O)c3cccs3)cc2)C1=O. The Kier molecular flexibility index (Phi) is 4.49. The Morgan fingerprint density at radius 2 is 2.00 bits per heavy atom. The van der Waals surface area contributed by atoms with Gasteiger partial charge in [-0.2, -0.15) is 0 Å². The molecule has 1 aliphatic rings. The predicted octanol–water partition coefficient (Wildman–Crippen LogP) is 2.85. The van der Waals surface area contributed by atoms with E-state index in [0.717, 1.165) is 4.90 Å². The van der Waals surface area contributed by atoms with Gasteiger partial charge in [-0.05, 0) is 35.7 Å². The maximum absolute atomic E-state index is 12.0. The van der Waals surface area contributed by atoms with Crippen LogP contribution in [0.15, 0.2) is 46.7 Å². The molecular weight excluding hydrogens is 332 g/mol. The van der Waals surface area contributed by atoms with Crippen LogP contribution in [0.1, 0.15) is 16.1 Å². The number of thioether (sulfide) groups is 1. The second kappa shape index (κ2) is 6.55. The molecule has 1 aromatic carbocycles. The largest absolute Gasteiger partial charge is 0.321 e. The van der Waals surface area contributed by atoms with Gasteiger partial charge in [0.15, 0.2) is 0 Å². The van der Waals surface area contributed by atoms with Crippen LogP contribution in [0.4, 0.5) is 5.69 Å². The van der Waals surface area contributed by atoms with Crippen molar-refractivity contribution in [3.63, 3.8) is 0 Å². The fourth-order valence-corrected chi connectivity index (χ4v) is 3.92. The lowest BCUT2D eigenvalue weighted by molar-refractivity contribution is -0.136. The van der Waals surface area contributed by atoms with Crippen LogP contribution in [0.2, 0.25) is 0 Å². The molecule has 1 aromatic heterocycles. The van der Waals surface area contributed by atoms with Crippen molar-refractivity contribution in [3.8, 4) is 0 Å². The number of nitrogens with zero attached hydrogens (tertiary/aromatic N) is 1. The Labute approximate surface area is 141 Å². The number of carbonyl (C=O) groups is 3. The van der Waals surface area contributed by atoms with Gasteiger partial charge in [-0.15, -0.1) is 23.1 Å². The summed E-state index contributed by atoms with van der Waals surface area (Å²) in [6.07, 6.45) is 0.233. The second-order valence-corrected chi connectivity index (χ2v) is 7.28. The molecule has 1 atom stereocenters. The van der Waals surface area contributed by atoms with Gasteiger partial charge in [0, 0.05) is 24.1 Å². The molecule has 0 spiro atoms. The third-order valence-corrected chi connectivity index (χ3v) is 5.54. The van der Waals surface area contributed by atoms with E-state index in [1.165, 1.54) is 35.0 Å². The molecule has 23 heavy (non-hydrogen) atoms. The number of nitrogens with one attached hydrogen (secondary N) is 1. The monoisotopic (exact) mass is 346 g/mol.